The van der Waals surface area contributed by atoms with Crippen LogP contribution >= 0.6 is 0 Å². The van der Waals surface area contributed by atoms with Crippen molar-refractivity contribution in [2.75, 3.05) is 0 Å². The Labute approximate surface area is 109 Å². The van der Waals surface area contributed by atoms with E-state index in [1.165, 1.54) is 12.1 Å². The molecule has 0 saturated carbocycles. The van der Waals surface area contributed by atoms with Crippen LogP contribution in [-0.2, 0) is 10.3 Å². The van der Waals surface area contributed by atoms with Crippen LogP contribution in [0.25, 0.3) is 11.0 Å². The van der Waals surface area contributed by atoms with Gasteiger partial charge in [0.05, 0.1) is 16.6 Å². The number of carbonyl (C=O) groups excluding carboxylic acids is 1. The minimum atomic E-state index is -1.01. The lowest BCUT2D eigenvalue weighted by molar-refractivity contribution is -0.125. The minimum Gasteiger partial charge on any atom is -0.478 e. The van der Waals surface area contributed by atoms with E-state index in [0.717, 1.165) is 0 Å². The number of carbonyl (C=O) groups is 2. The van der Waals surface area contributed by atoms with E-state index in [4.69, 9.17) is 10.8 Å². The summed E-state index contributed by atoms with van der Waals surface area (Å²) >= 11 is 0. The van der Waals surface area contributed by atoms with Gasteiger partial charge in [-0.1, -0.05) is 0 Å². The van der Waals surface area contributed by atoms with Gasteiger partial charge in [0.25, 0.3) is 0 Å². The molecule has 1 aromatic carbocycles. The maximum Gasteiger partial charge on any atom is 0.335 e. The Hall–Kier alpha value is -2.37. The minimum absolute atomic E-state index is 0.161. The van der Waals surface area contributed by atoms with Gasteiger partial charge in [0.15, 0.2) is 0 Å². The fraction of sp³-hybridized carbons (Fsp3) is 0.308. The number of aryl methyl sites for hydroxylation is 1. The monoisotopic (exact) mass is 261 g/mol. The van der Waals surface area contributed by atoms with Crippen molar-refractivity contribution >= 4 is 22.9 Å². The largest absolute Gasteiger partial charge is 0.478 e. The number of imidazole rings is 1. The molecule has 1 aromatic heterocycles. The van der Waals surface area contributed by atoms with Gasteiger partial charge in [-0.25, -0.2) is 9.78 Å². The normalized spacial score (nSPS) is 11.7. The van der Waals surface area contributed by atoms with Crippen LogP contribution in [0.5, 0.6) is 0 Å². The highest BCUT2D eigenvalue weighted by Gasteiger charge is 2.30. The van der Waals surface area contributed by atoms with Crippen LogP contribution in [0.2, 0.25) is 0 Å². The van der Waals surface area contributed by atoms with Gasteiger partial charge in [-0.3, -0.25) is 4.79 Å². The SMILES string of the molecule is Cc1nc2cc(C(=O)O)ccc2n1C(C)(C)C(N)=O. The number of carboxylic acid groups (broad SMARTS) is 1. The summed E-state index contributed by atoms with van der Waals surface area (Å²) in [4.78, 5) is 26.8. The van der Waals surface area contributed by atoms with E-state index in [0.29, 0.717) is 16.9 Å². The summed E-state index contributed by atoms with van der Waals surface area (Å²) in [5.41, 5.74) is 5.87. The summed E-state index contributed by atoms with van der Waals surface area (Å²) in [7, 11) is 0. The molecular weight excluding hydrogens is 246 g/mol. The Morgan fingerprint density at radius 2 is 2.00 bits per heavy atom. The third-order valence-electron chi connectivity index (χ3n) is 3.23. The molecule has 0 aliphatic heterocycles. The molecular formula is C13H15N3O3. The Balaban J connectivity index is 2.74. The molecule has 19 heavy (non-hydrogen) atoms. The van der Waals surface area contributed by atoms with E-state index in [9.17, 15) is 9.59 Å². The van der Waals surface area contributed by atoms with E-state index in [2.05, 4.69) is 4.98 Å². The van der Waals surface area contributed by atoms with Crippen LogP contribution < -0.4 is 5.73 Å². The standard InChI is InChI=1S/C13H15N3O3/c1-7-15-9-6-8(11(17)18)4-5-10(9)16(7)13(2,3)12(14)19/h4-6H,1-3H3,(H2,14,19)(H,17,18). The Bertz CT molecular complexity index is 686. The Morgan fingerprint density at radius 1 is 1.37 bits per heavy atom. The average molecular weight is 261 g/mol. The molecule has 3 N–H and O–H groups in total. The predicted molar refractivity (Wildman–Crippen MR) is 69.9 cm³/mol. The van der Waals surface area contributed by atoms with Gasteiger partial charge in [-0.05, 0) is 39.0 Å². The first-order valence-electron chi connectivity index (χ1n) is 5.78. The summed E-state index contributed by atoms with van der Waals surface area (Å²) in [6.45, 7) is 5.16. The second kappa shape index (κ2) is 4.08. The molecule has 6 nitrogen and oxygen atoms in total. The molecule has 0 fully saturated rings. The van der Waals surface area contributed by atoms with Crippen LogP contribution in [0.3, 0.4) is 0 Å². The molecule has 0 aliphatic rings. The maximum absolute atomic E-state index is 11.6. The summed E-state index contributed by atoms with van der Waals surface area (Å²) < 4.78 is 1.72. The first kappa shape index (κ1) is 13.1. The molecule has 2 rings (SSSR count). The van der Waals surface area contributed by atoms with Crippen LogP contribution in [-0.4, -0.2) is 26.5 Å². The molecule has 0 radical (unpaired) electrons. The number of rotatable bonds is 3. The van der Waals surface area contributed by atoms with Crippen molar-refractivity contribution in [1.29, 1.82) is 0 Å². The number of nitrogens with zero attached hydrogens (tertiary/aromatic N) is 2. The Morgan fingerprint density at radius 3 is 2.53 bits per heavy atom. The molecule has 1 heterocycles. The fourth-order valence-corrected chi connectivity index (χ4v) is 2.15. The van der Waals surface area contributed by atoms with Crippen LogP contribution in [0.1, 0.15) is 30.0 Å². The molecule has 2 aromatic rings. The van der Waals surface area contributed by atoms with Gasteiger partial charge >= 0.3 is 5.97 Å². The smallest absolute Gasteiger partial charge is 0.335 e. The number of carboxylic acids is 1. The molecule has 0 saturated heterocycles. The zero-order valence-corrected chi connectivity index (χ0v) is 11.0. The molecule has 0 bridgehead atoms. The molecule has 1 amide bonds. The number of benzene rings is 1. The second-order valence-electron chi connectivity index (χ2n) is 4.93. The zero-order valence-electron chi connectivity index (χ0n) is 11.0. The van der Waals surface area contributed by atoms with Crippen LogP contribution in [0, 0.1) is 6.92 Å². The van der Waals surface area contributed by atoms with Crippen molar-refractivity contribution in [2.45, 2.75) is 26.3 Å². The van der Waals surface area contributed by atoms with Crippen molar-refractivity contribution in [3.8, 4) is 0 Å². The third kappa shape index (κ3) is 1.95. The van der Waals surface area contributed by atoms with Crippen LogP contribution in [0.4, 0.5) is 0 Å². The number of amides is 1. The first-order chi connectivity index (χ1) is 8.75. The van der Waals surface area contributed by atoms with Gasteiger partial charge < -0.3 is 15.4 Å². The van der Waals surface area contributed by atoms with Gasteiger partial charge in [0.1, 0.15) is 11.4 Å². The quantitative estimate of drug-likeness (QED) is 0.869. The molecule has 100 valence electrons. The highest BCUT2D eigenvalue weighted by Crippen LogP contribution is 2.25. The lowest BCUT2D eigenvalue weighted by atomic mass is 10.0. The maximum atomic E-state index is 11.6. The topological polar surface area (TPSA) is 98.2 Å². The number of fused-ring (bicyclic) bond motifs is 1. The Kier molecular flexibility index (Phi) is 2.81. The molecule has 0 aliphatic carbocycles. The second-order valence-corrected chi connectivity index (χ2v) is 4.93. The molecule has 6 heteroatoms. The van der Waals surface area contributed by atoms with Crippen molar-refractivity contribution < 1.29 is 14.7 Å². The first-order valence-corrected chi connectivity index (χ1v) is 5.78. The lowest BCUT2D eigenvalue weighted by Crippen LogP contribution is -2.41. The number of hydrogen-bond donors (Lipinski definition) is 2. The predicted octanol–water partition coefficient (Wildman–Crippen LogP) is 1.26. The summed E-state index contributed by atoms with van der Waals surface area (Å²) in [5.74, 6) is -0.873. The summed E-state index contributed by atoms with van der Waals surface area (Å²) in [5, 5.41) is 8.96. The number of aromatic carboxylic acids is 1. The van der Waals surface area contributed by atoms with Crippen molar-refractivity contribution in [1.82, 2.24) is 9.55 Å². The number of aromatic nitrogens is 2. The summed E-state index contributed by atoms with van der Waals surface area (Å²) in [6, 6.07) is 4.61. The average Bonchev–Trinajstić information content (AvgIpc) is 2.63. The van der Waals surface area contributed by atoms with E-state index in [1.54, 1.807) is 31.4 Å². The molecule has 0 atom stereocenters. The van der Waals surface area contributed by atoms with Gasteiger partial charge in [-0.15, -0.1) is 0 Å². The van der Waals surface area contributed by atoms with Crippen molar-refractivity contribution in [3.05, 3.63) is 29.6 Å². The van der Waals surface area contributed by atoms with E-state index in [-0.39, 0.29) is 5.56 Å². The van der Waals surface area contributed by atoms with Gasteiger partial charge in [0.2, 0.25) is 5.91 Å². The number of hydrogen-bond acceptors (Lipinski definition) is 3. The van der Waals surface area contributed by atoms with E-state index >= 15 is 0 Å². The van der Waals surface area contributed by atoms with E-state index < -0.39 is 17.4 Å². The molecule has 0 spiro atoms. The zero-order chi connectivity index (χ0) is 14.4. The fourth-order valence-electron chi connectivity index (χ4n) is 2.15. The van der Waals surface area contributed by atoms with Gasteiger partial charge in [0, 0.05) is 0 Å². The highest BCUT2D eigenvalue weighted by molar-refractivity contribution is 5.93. The number of primary amides is 1. The number of nitrogens with two attached hydrogens (primary N) is 1. The van der Waals surface area contributed by atoms with Gasteiger partial charge in [-0.2, -0.15) is 0 Å². The summed E-state index contributed by atoms with van der Waals surface area (Å²) in [6.07, 6.45) is 0. The van der Waals surface area contributed by atoms with Crippen LogP contribution in [0.15, 0.2) is 18.2 Å². The van der Waals surface area contributed by atoms with Crippen molar-refractivity contribution in [3.63, 3.8) is 0 Å². The van der Waals surface area contributed by atoms with E-state index in [1.807, 2.05) is 0 Å². The third-order valence-corrected chi connectivity index (χ3v) is 3.23. The molecule has 0 unspecified atom stereocenters. The van der Waals surface area contributed by atoms with Crippen molar-refractivity contribution in [2.24, 2.45) is 5.73 Å². The lowest BCUT2D eigenvalue weighted by Gasteiger charge is -2.25. The highest BCUT2D eigenvalue weighted by atomic mass is 16.4.